The van der Waals surface area contributed by atoms with Crippen LogP contribution in [0.15, 0.2) is 24.3 Å². The SMILES string of the molecule is N#CC1OC12CCOc1ccccc12. The minimum Gasteiger partial charge on any atom is -0.493 e. The van der Waals surface area contributed by atoms with Gasteiger partial charge in [-0.25, -0.2) is 0 Å². The number of para-hydroxylation sites is 1. The summed E-state index contributed by atoms with van der Waals surface area (Å²) in [6.45, 7) is 0.634. The highest BCUT2D eigenvalue weighted by atomic mass is 16.6. The fraction of sp³-hybridized carbons (Fsp3) is 0.364. The van der Waals surface area contributed by atoms with Crippen molar-refractivity contribution < 1.29 is 9.47 Å². The van der Waals surface area contributed by atoms with Crippen LogP contribution in [0.3, 0.4) is 0 Å². The van der Waals surface area contributed by atoms with E-state index in [1.165, 1.54) is 0 Å². The number of hydrogen-bond donors (Lipinski definition) is 0. The molecule has 2 heterocycles. The van der Waals surface area contributed by atoms with E-state index < -0.39 is 0 Å². The summed E-state index contributed by atoms with van der Waals surface area (Å²) in [6, 6.07) is 9.95. The normalized spacial score (nSPS) is 32.9. The lowest BCUT2D eigenvalue weighted by atomic mass is 9.90. The van der Waals surface area contributed by atoms with Crippen molar-refractivity contribution in [1.29, 1.82) is 5.26 Å². The number of ether oxygens (including phenoxy) is 2. The van der Waals surface area contributed by atoms with E-state index in [1.807, 2.05) is 24.3 Å². The van der Waals surface area contributed by atoms with Crippen molar-refractivity contribution in [2.45, 2.75) is 18.1 Å². The Labute approximate surface area is 81.9 Å². The Bertz CT molecular complexity index is 424. The summed E-state index contributed by atoms with van der Waals surface area (Å²) in [4.78, 5) is 0. The second kappa shape index (κ2) is 2.49. The fourth-order valence-corrected chi connectivity index (χ4v) is 2.09. The number of rotatable bonds is 0. The number of hydrogen-bond acceptors (Lipinski definition) is 3. The van der Waals surface area contributed by atoms with Crippen LogP contribution in [0.1, 0.15) is 12.0 Å². The smallest absolute Gasteiger partial charge is 0.178 e. The molecule has 1 saturated heterocycles. The third-order valence-electron chi connectivity index (χ3n) is 2.89. The van der Waals surface area contributed by atoms with Gasteiger partial charge in [0.2, 0.25) is 0 Å². The predicted molar refractivity (Wildman–Crippen MR) is 48.7 cm³/mol. The van der Waals surface area contributed by atoms with Gasteiger partial charge in [0.15, 0.2) is 6.10 Å². The van der Waals surface area contributed by atoms with Crippen LogP contribution in [0.25, 0.3) is 0 Å². The monoisotopic (exact) mass is 187 g/mol. The van der Waals surface area contributed by atoms with Crippen molar-refractivity contribution in [1.82, 2.24) is 0 Å². The molecule has 0 saturated carbocycles. The van der Waals surface area contributed by atoms with E-state index >= 15 is 0 Å². The van der Waals surface area contributed by atoms with E-state index in [1.54, 1.807) is 0 Å². The maximum atomic E-state index is 8.83. The summed E-state index contributed by atoms with van der Waals surface area (Å²) < 4.78 is 11.0. The molecule has 1 aromatic carbocycles. The number of nitrogens with zero attached hydrogens (tertiary/aromatic N) is 1. The predicted octanol–water partition coefficient (Wildman–Crippen LogP) is 1.59. The van der Waals surface area contributed by atoms with Crippen LogP contribution < -0.4 is 4.74 Å². The summed E-state index contributed by atoms with van der Waals surface area (Å²) in [7, 11) is 0. The lowest BCUT2D eigenvalue weighted by Crippen LogP contribution is -2.23. The molecule has 70 valence electrons. The Morgan fingerprint density at radius 3 is 3.07 bits per heavy atom. The molecule has 0 bridgehead atoms. The molecule has 2 aliphatic rings. The lowest BCUT2D eigenvalue weighted by Gasteiger charge is -2.22. The third kappa shape index (κ3) is 0.838. The lowest BCUT2D eigenvalue weighted by molar-refractivity contribution is 0.192. The van der Waals surface area contributed by atoms with Crippen LogP contribution in [-0.2, 0) is 10.3 Å². The molecule has 0 aromatic heterocycles. The van der Waals surface area contributed by atoms with E-state index in [4.69, 9.17) is 14.7 Å². The van der Waals surface area contributed by atoms with Gasteiger partial charge >= 0.3 is 0 Å². The molecule has 0 amide bonds. The van der Waals surface area contributed by atoms with Crippen molar-refractivity contribution in [3.63, 3.8) is 0 Å². The van der Waals surface area contributed by atoms with E-state index in [2.05, 4.69) is 6.07 Å². The average Bonchev–Trinajstić information content (AvgIpc) is 2.94. The van der Waals surface area contributed by atoms with Crippen LogP contribution in [-0.4, -0.2) is 12.7 Å². The highest BCUT2D eigenvalue weighted by Crippen LogP contribution is 2.53. The van der Waals surface area contributed by atoms with Crippen LogP contribution >= 0.6 is 0 Å². The van der Waals surface area contributed by atoms with E-state index in [-0.39, 0.29) is 11.7 Å². The zero-order valence-electron chi connectivity index (χ0n) is 7.56. The first-order chi connectivity index (χ1) is 6.87. The minimum absolute atomic E-state index is 0.285. The highest BCUT2D eigenvalue weighted by Gasteiger charge is 2.60. The van der Waals surface area contributed by atoms with Crippen molar-refractivity contribution in [2.24, 2.45) is 0 Å². The molecule has 2 unspecified atom stereocenters. The van der Waals surface area contributed by atoms with Crippen LogP contribution in [0.2, 0.25) is 0 Å². The van der Waals surface area contributed by atoms with Gasteiger partial charge in [-0.05, 0) is 6.07 Å². The second-order valence-corrected chi connectivity index (χ2v) is 3.61. The standard InChI is InChI=1S/C11H9NO2/c12-7-10-11(14-10)5-6-13-9-4-2-1-3-8(9)11/h1-4,10H,5-6H2. The van der Waals surface area contributed by atoms with Gasteiger partial charge in [-0.1, -0.05) is 18.2 Å². The highest BCUT2D eigenvalue weighted by molar-refractivity contribution is 5.45. The first-order valence-corrected chi connectivity index (χ1v) is 4.66. The molecule has 2 aliphatic heterocycles. The molecule has 1 spiro atoms. The third-order valence-corrected chi connectivity index (χ3v) is 2.89. The zero-order chi connectivity index (χ0) is 9.60. The van der Waals surface area contributed by atoms with Gasteiger partial charge in [0.05, 0.1) is 12.7 Å². The molecule has 14 heavy (non-hydrogen) atoms. The van der Waals surface area contributed by atoms with Crippen molar-refractivity contribution >= 4 is 0 Å². The van der Waals surface area contributed by atoms with Gasteiger partial charge < -0.3 is 9.47 Å². The molecular formula is C11H9NO2. The summed E-state index contributed by atoms with van der Waals surface area (Å²) in [5, 5.41) is 8.83. The number of benzene rings is 1. The first kappa shape index (κ1) is 7.84. The van der Waals surface area contributed by atoms with Crippen LogP contribution in [0.5, 0.6) is 5.75 Å². The zero-order valence-corrected chi connectivity index (χ0v) is 7.56. The first-order valence-electron chi connectivity index (χ1n) is 4.66. The second-order valence-electron chi connectivity index (χ2n) is 3.61. The molecule has 0 radical (unpaired) electrons. The molecule has 1 fully saturated rings. The number of epoxide rings is 1. The molecule has 1 aromatic rings. The van der Waals surface area contributed by atoms with E-state index in [0.29, 0.717) is 6.61 Å². The van der Waals surface area contributed by atoms with E-state index in [9.17, 15) is 0 Å². The Morgan fingerprint density at radius 2 is 2.29 bits per heavy atom. The Morgan fingerprint density at radius 1 is 1.43 bits per heavy atom. The van der Waals surface area contributed by atoms with Gasteiger partial charge in [-0.3, -0.25) is 0 Å². The molecule has 3 rings (SSSR count). The molecular weight excluding hydrogens is 178 g/mol. The quantitative estimate of drug-likeness (QED) is 0.579. The van der Waals surface area contributed by atoms with Crippen LogP contribution in [0, 0.1) is 11.3 Å². The van der Waals surface area contributed by atoms with Crippen LogP contribution in [0.4, 0.5) is 0 Å². The van der Waals surface area contributed by atoms with Crippen molar-refractivity contribution in [2.75, 3.05) is 6.61 Å². The summed E-state index contributed by atoms with van der Waals surface area (Å²) >= 11 is 0. The van der Waals surface area contributed by atoms with Gasteiger partial charge in [0.1, 0.15) is 11.4 Å². The van der Waals surface area contributed by atoms with Gasteiger partial charge in [0.25, 0.3) is 0 Å². The maximum absolute atomic E-state index is 8.83. The minimum atomic E-state index is -0.358. The molecule has 0 aliphatic carbocycles. The summed E-state index contributed by atoms with van der Waals surface area (Å²) in [5.41, 5.74) is 0.668. The Balaban J connectivity index is 2.10. The molecule has 3 heteroatoms. The van der Waals surface area contributed by atoms with Crippen molar-refractivity contribution in [3.05, 3.63) is 29.8 Å². The largest absolute Gasteiger partial charge is 0.493 e. The fourth-order valence-electron chi connectivity index (χ4n) is 2.09. The Hall–Kier alpha value is -1.53. The molecule has 2 atom stereocenters. The van der Waals surface area contributed by atoms with Gasteiger partial charge in [0, 0.05) is 12.0 Å². The van der Waals surface area contributed by atoms with Gasteiger partial charge in [-0.15, -0.1) is 0 Å². The maximum Gasteiger partial charge on any atom is 0.178 e. The topological polar surface area (TPSA) is 45.5 Å². The molecule has 3 nitrogen and oxygen atoms in total. The average molecular weight is 187 g/mol. The number of nitriles is 1. The number of fused-ring (bicyclic) bond motifs is 2. The van der Waals surface area contributed by atoms with E-state index in [0.717, 1.165) is 17.7 Å². The summed E-state index contributed by atoms with van der Waals surface area (Å²) in [5.74, 6) is 0.858. The van der Waals surface area contributed by atoms with Crippen molar-refractivity contribution in [3.8, 4) is 11.8 Å². The molecule has 0 N–H and O–H groups in total. The summed E-state index contributed by atoms with van der Waals surface area (Å²) in [6.07, 6.45) is 0.495. The van der Waals surface area contributed by atoms with Gasteiger partial charge in [-0.2, -0.15) is 5.26 Å². The Kier molecular flexibility index (Phi) is 1.39.